The van der Waals surface area contributed by atoms with E-state index < -0.39 is 18.8 Å². The maximum Gasteiger partial charge on any atom is 0.405 e. The van der Waals surface area contributed by atoms with Crippen LogP contribution in [0.5, 0.6) is 0 Å². The summed E-state index contributed by atoms with van der Waals surface area (Å²) in [4.78, 5) is 36.1. The van der Waals surface area contributed by atoms with Gasteiger partial charge in [0.1, 0.15) is 18.0 Å². The third-order valence-electron chi connectivity index (χ3n) is 4.83. The van der Waals surface area contributed by atoms with Crippen molar-refractivity contribution in [2.45, 2.75) is 13.1 Å². The average Bonchev–Trinajstić information content (AvgIpc) is 3.20. The van der Waals surface area contributed by atoms with Crippen molar-refractivity contribution < 1.29 is 22.8 Å². The predicted molar refractivity (Wildman–Crippen MR) is 119 cm³/mol. The van der Waals surface area contributed by atoms with Crippen LogP contribution in [-0.2, 0) is 0 Å². The Hall–Kier alpha value is -4.48. The van der Waals surface area contributed by atoms with Crippen molar-refractivity contribution in [2.24, 2.45) is 0 Å². The summed E-state index contributed by atoms with van der Waals surface area (Å²) in [6.07, 6.45) is 0.253. The Morgan fingerprint density at radius 2 is 1.88 bits per heavy atom. The summed E-state index contributed by atoms with van der Waals surface area (Å²) >= 11 is 0. The molecular formula is C22H18F3N7O2. The van der Waals surface area contributed by atoms with Crippen LogP contribution in [-0.4, -0.2) is 43.9 Å². The largest absolute Gasteiger partial charge is 0.405 e. The number of aromatic nitrogens is 4. The molecule has 0 aliphatic heterocycles. The van der Waals surface area contributed by atoms with Crippen LogP contribution in [0.4, 0.5) is 29.5 Å². The molecular weight excluding hydrogens is 451 g/mol. The van der Waals surface area contributed by atoms with Crippen LogP contribution in [0.15, 0.2) is 55.0 Å². The molecule has 0 saturated heterocycles. The molecule has 0 aliphatic rings. The summed E-state index contributed by atoms with van der Waals surface area (Å²) in [5, 5.41) is 4.14. The van der Waals surface area contributed by atoms with Gasteiger partial charge in [-0.05, 0) is 31.2 Å². The standard InChI is InChI=1S/C22H18F3N7O2/c1-12(33)16-9-28-20(31-19(16)26)14-5-6-32-17(10-27-18(32)8-14)13-3-2-4-15(7-13)30-21(34)29-11-22(23,24)25/h2-10H,11H2,1H3,(H2,26,28,31)(H2,29,30,34). The van der Waals surface area contributed by atoms with Gasteiger partial charge in [0.25, 0.3) is 0 Å². The lowest BCUT2D eigenvalue weighted by Gasteiger charge is -2.11. The van der Waals surface area contributed by atoms with Crippen LogP contribution >= 0.6 is 0 Å². The van der Waals surface area contributed by atoms with Gasteiger partial charge in [-0.25, -0.2) is 19.7 Å². The second-order valence-corrected chi connectivity index (χ2v) is 7.34. The number of fused-ring (bicyclic) bond motifs is 1. The van der Waals surface area contributed by atoms with Gasteiger partial charge in [-0.2, -0.15) is 13.2 Å². The van der Waals surface area contributed by atoms with Crippen LogP contribution in [0.3, 0.4) is 0 Å². The van der Waals surface area contributed by atoms with Gasteiger partial charge in [-0.15, -0.1) is 0 Å². The number of imidazole rings is 1. The van der Waals surface area contributed by atoms with Gasteiger partial charge < -0.3 is 16.4 Å². The second kappa shape index (κ2) is 8.81. The molecule has 4 aromatic rings. The van der Waals surface area contributed by atoms with E-state index in [1.165, 1.54) is 13.1 Å². The molecule has 0 aliphatic carbocycles. The fourth-order valence-electron chi connectivity index (χ4n) is 3.25. The van der Waals surface area contributed by atoms with Crippen molar-refractivity contribution in [3.8, 4) is 22.6 Å². The summed E-state index contributed by atoms with van der Waals surface area (Å²) in [6, 6.07) is 9.16. The van der Waals surface area contributed by atoms with Gasteiger partial charge in [-0.3, -0.25) is 9.20 Å². The number of anilines is 2. The summed E-state index contributed by atoms with van der Waals surface area (Å²) in [5.41, 5.74) is 9.01. The molecule has 34 heavy (non-hydrogen) atoms. The number of amides is 2. The maximum atomic E-state index is 12.3. The number of halogens is 3. The highest BCUT2D eigenvalue weighted by molar-refractivity contribution is 5.98. The highest BCUT2D eigenvalue weighted by Gasteiger charge is 2.27. The predicted octanol–water partition coefficient (Wildman–Crippen LogP) is 3.93. The number of urea groups is 1. The molecule has 1 aromatic carbocycles. The minimum Gasteiger partial charge on any atom is -0.383 e. The number of nitrogens with zero attached hydrogens (tertiary/aromatic N) is 4. The van der Waals surface area contributed by atoms with Crippen molar-refractivity contribution in [2.75, 3.05) is 17.6 Å². The number of carbonyl (C=O) groups is 2. The number of nitrogens with one attached hydrogen (secondary N) is 2. The normalized spacial score (nSPS) is 11.4. The molecule has 9 nitrogen and oxygen atoms in total. The number of alkyl halides is 3. The lowest BCUT2D eigenvalue weighted by atomic mass is 10.1. The Morgan fingerprint density at radius 1 is 1.09 bits per heavy atom. The molecule has 0 atom stereocenters. The molecule has 4 N–H and O–H groups in total. The number of ketones is 1. The molecule has 2 amide bonds. The smallest absolute Gasteiger partial charge is 0.383 e. The van der Waals surface area contributed by atoms with Gasteiger partial charge >= 0.3 is 12.2 Å². The quantitative estimate of drug-likeness (QED) is 0.380. The lowest BCUT2D eigenvalue weighted by molar-refractivity contribution is -0.122. The molecule has 0 fully saturated rings. The molecule has 4 rings (SSSR count). The van der Waals surface area contributed by atoms with Crippen LogP contribution < -0.4 is 16.4 Å². The number of Topliss-reactive ketones (excluding diaryl/α,β-unsaturated/α-hetero) is 1. The molecule has 12 heteroatoms. The van der Waals surface area contributed by atoms with E-state index in [1.54, 1.807) is 58.5 Å². The van der Waals surface area contributed by atoms with Crippen molar-refractivity contribution in [3.63, 3.8) is 0 Å². The average molecular weight is 469 g/mol. The van der Waals surface area contributed by atoms with E-state index >= 15 is 0 Å². The number of hydrogen-bond acceptors (Lipinski definition) is 6. The van der Waals surface area contributed by atoms with Crippen molar-refractivity contribution in [3.05, 3.63) is 60.6 Å². The number of pyridine rings is 1. The minimum absolute atomic E-state index is 0.0880. The van der Waals surface area contributed by atoms with Crippen LogP contribution in [0, 0.1) is 0 Å². The first-order chi connectivity index (χ1) is 16.1. The van der Waals surface area contributed by atoms with E-state index in [1.807, 2.05) is 0 Å². The Morgan fingerprint density at radius 3 is 2.59 bits per heavy atom. The summed E-state index contributed by atoms with van der Waals surface area (Å²) in [6.45, 7) is -0.0483. The Bertz CT molecular complexity index is 1400. The molecule has 3 heterocycles. The van der Waals surface area contributed by atoms with E-state index in [-0.39, 0.29) is 17.2 Å². The molecule has 174 valence electrons. The Kier molecular flexibility index (Phi) is 5.88. The molecule has 0 saturated carbocycles. The Balaban J connectivity index is 1.58. The molecule has 3 aromatic heterocycles. The van der Waals surface area contributed by atoms with Gasteiger partial charge in [0, 0.05) is 29.2 Å². The second-order valence-electron chi connectivity index (χ2n) is 7.34. The van der Waals surface area contributed by atoms with Gasteiger partial charge in [0.2, 0.25) is 0 Å². The fraction of sp³-hybridized carbons (Fsp3) is 0.136. The first-order valence-electron chi connectivity index (χ1n) is 9.94. The SMILES string of the molecule is CC(=O)c1cnc(-c2ccn3c(-c4cccc(NC(=O)NCC(F)(F)F)c4)cnc3c2)nc1N. The van der Waals surface area contributed by atoms with Crippen molar-refractivity contribution in [1.29, 1.82) is 0 Å². The summed E-state index contributed by atoms with van der Waals surface area (Å²) in [7, 11) is 0. The first kappa shape index (κ1) is 22.7. The topological polar surface area (TPSA) is 127 Å². The van der Waals surface area contributed by atoms with E-state index in [2.05, 4.69) is 20.3 Å². The summed E-state index contributed by atoms with van der Waals surface area (Å²) in [5.74, 6) is 0.197. The fourth-order valence-corrected chi connectivity index (χ4v) is 3.25. The molecule has 0 radical (unpaired) electrons. The number of hydrogen-bond donors (Lipinski definition) is 3. The summed E-state index contributed by atoms with van der Waals surface area (Å²) < 4.78 is 38.6. The zero-order valence-electron chi connectivity index (χ0n) is 17.7. The third-order valence-corrected chi connectivity index (χ3v) is 4.83. The third kappa shape index (κ3) is 4.95. The van der Waals surface area contributed by atoms with Crippen LogP contribution in [0.2, 0.25) is 0 Å². The maximum absolute atomic E-state index is 12.3. The first-order valence-corrected chi connectivity index (χ1v) is 9.94. The molecule has 0 bridgehead atoms. The zero-order chi connectivity index (χ0) is 24.5. The highest BCUT2D eigenvalue weighted by atomic mass is 19.4. The van der Waals surface area contributed by atoms with E-state index in [0.29, 0.717) is 34.0 Å². The molecule has 0 unspecified atom stereocenters. The van der Waals surface area contributed by atoms with Gasteiger partial charge in [0.05, 0.1) is 17.5 Å². The Labute approximate surface area is 190 Å². The van der Waals surface area contributed by atoms with Crippen LogP contribution in [0.1, 0.15) is 17.3 Å². The number of nitrogen functional groups attached to an aromatic ring is 1. The van der Waals surface area contributed by atoms with Crippen molar-refractivity contribution in [1.82, 2.24) is 24.7 Å². The number of rotatable bonds is 5. The monoisotopic (exact) mass is 469 g/mol. The zero-order valence-corrected chi connectivity index (χ0v) is 17.7. The number of nitrogens with two attached hydrogens (primary N) is 1. The minimum atomic E-state index is -4.50. The van der Waals surface area contributed by atoms with E-state index in [9.17, 15) is 22.8 Å². The highest BCUT2D eigenvalue weighted by Crippen LogP contribution is 2.26. The van der Waals surface area contributed by atoms with Crippen molar-refractivity contribution >= 4 is 29.0 Å². The molecule has 0 spiro atoms. The lowest BCUT2D eigenvalue weighted by Crippen LogP contribution is -2.36. The van der Waals surface area contributed by atoms with Gasteiger partial charge in [0.15, 0.2) is 11.6 Å². The van der Waals surface area contributed by atoms with E-state index in [0.717, 1.165) is 0 Å². The number of benzene rings is 1. The van der Waals surface area contributed by atoms with E-state index in [4.69, 9.17) is 5.73 Å². The number of carbonyl (C=O) groups excluding carboxylic acids is 2. The van der Waals surface area contributed by atoms with Gasteiger partial charge in [-0.1, -0.05) is 12.1 Å². The van der Waals surface area contributed by atoms with Crippen LogP contribution in [0.25, 0.3) is 28.3 Å².